The van der Waals surface area contributed by atoms with Crippen LogP contribution in [0.2, 0.25) is 0 Å². The van der Waals surface area contributed by atoms with Crippen LogP contribution in [0.25, 0.3) is 5.70 Å². The lowest BCUT2D eigenvalue weighted by Gasteiger charge is -2.31. The van der Waals surface area contributed by atoms with E-state index in [0.717, 1.165) is 11.1 Å². The Labute approximate surface area is 168 Å². The highest BCUT2D eigenvalue weighted by atomic mass is 32.1. The zero-order valence-electron chi connectivity index (χ0n) is 15.5. The first-order valence-electron chi connectivity index (χ1n) is 8.77. The van der Waals surface area contributed by atoms with Crippen LogP contribution >= 0.6 is 12.2 Å². The van der Waals surface area contributed by atoms with Gasteiger partial charge in [-0.15, -0.1) is 0 Å². The maximum atomic E-state index is 12.8. The summed E-state index contributed by atoms with van der Waals surface area (Å²) in [5.41, 5.74) is 3.04. The van der Waals surface area contributed by atoms with Crippen LogP contribution in [0, 0.1) is 0 Å². The van der Waals surface area contributed by atoms with Gasteiger partial charge in [-0.2, -0.15) is 0 Å². The molecule has 0 aliphatic carbocycles. The van der Waals surface area contributed by atoms with Crippen LogP contribution in [0.4, 0.5) is 0 Å². The van der Waals surface area contributed by atoms with Gasteiger partial charge >= 0.3 is 11.9 Å². The average molecular weight is 396 g/mol. The van der Waals surface area contributed by atoms with Gasteiger partial charge in [-0.1, -0.05) is 42.5 Å². The second-order valence-electron chi connectivity index (χ2n) is 6.02. The molecule has 2 N–H and O–H groups in total. The number of hydrogen-bond acceptors (Lipinski definition) is 5. The van der Waals surface area contributed by atoms with Crippen LogP contribution in [-0.2, 0) is 14.3 Å². The molecular formula is C21H20N2O4S. The maximum absolute atomic E-state index is 12.8. The molecule has 0 aromatic heterocycles. The quantitative estimate of drug-likeness (QED) is 0.594. The molecule has 0 saturated carbocycles. The number of esters is 2. The molecule has 0 amide bonds. The van der Waals surface area contributed by atoms with E-state index < -0.39 is 18.0 Å². The maximum Gasteiger partial charge on any atom is 0.338 e. The largest absolute Gasteiger partial charge is 0.465 e. The van der Waals surface area contributed by atoms with Crippen molar-refractivity contribution < 1.29 is 19.1 Å². The first kappa shape index (κ1) is 19.6. The summed E-state index contributed by atoms with van der Waals surface area (Å²) in [5, 5.41) is 6.61. The molecule has 1 aliphatic rings. The summed E-state index contributed by atoms with van der Waals surface area (Å²) in [5.74, 6) is -0.864. The Kier molecular flexibility index (Phi) is 6.06. The van der Waals surface area contributed by atoms with Gasteiger partial charge in [0.15, 0.2) is 5.11 Å². The lowest BCUT2D eigenvalue weighted by molar-refractivity contribution is -0.138. The van der Waals surface area contributed by atoms with Crippen molar-refractivity contribution in [2.75, 3.05) is 13.7 Å². The van der Waals surface area contributed by atoms with Crippen LogP contribution in [0.15, 0.2) is 60.2 Å². The molecule has 28 heavy (non-hydrogen) atoms. The number of carbonyl (C=O) groups excluding carboxylic acids is 2. The molecular weight excluding hydrogens is 376 g/mol. The molecule has 3 rings (SSSR count). The molecule has 144 valence electrons. The number of rotatable bonds is 5. The Hall–Kier alpha value is -3.19. The van der Waals surface area contributed by atoms with E-state index in [9.17, 15) is 9.59 Å². The van der Waals surface area contributed by atoms with E-state index in [2.05, 4.69) is 10.6 Å². The zero-order chi connectivity index (χ0) is 20.1. The first-order valence-corrected chi connectivity index (χ1v) is 9.18. The smallest absolute Gasteiger partial charge is 0.338 e. The Balaban J connectivity index is 2.10. The van der Waals surface area contributed by atoms with Crippen LogP contribution in [0.3, 0.4) is 0 Å². The normalized spacial score (nSPS) is 16.1. The van der Waals surface area contributed by atoms with E-state index in [1.807, 2.05) is 30.3 Å². The van der Waals surface area contributed by atoms with Gasteiger partial charge in [0.1, 0.15) is 0 Å². The van der Waals surface area contributed by atoms with Crippen LogP contribution in [-0.4, -0.2) is 30.8 Å². The van der Waals surface area contributed by atoms with Crippen molar-refractivity contribution in [3.05, 3.63) is 76.9 Å². The molecule has 6 nitrogen and oxygen atoms in total. The Morgan fingerprint density at radius 1 is 1.04 bits per heavy atom. The number of ether oxygens (including phenoxy) is 2. The van der Waals surface area contributed by atoms with Gasteiger partial charge in [-0.25, -0.2) is 9.59 Å². The number of thiocarbonyl (C=S) groups is 1. The molecule has 2 aromatic carbocycles. The Morgan fingerprint density at radius 2 is 1.71 bits per heavy atom. The molecule has 0 unspecified atom stereocenters. The van der Waals surface area contributed by atoms with E-state index in [-0.39, 0.29) is 6.61 Å². The number of benzene rings is 2. The third kappa shape index (κ3) is 4.04. The van der Waals surface area contributed by atoms with Gasteiger partial charge in [0.2, 0.25) is 0 Å². The van der Waals surface area contributed by atoms with E-state index in [1.165, 1.54) is 7.11 Å². The lowest BCUT2D eigenvalue weighted by atomic mass is 9.92. The molecule has 0 bridgehead atoms. The molecule has 2 aromatic rings. The van der Waals surface area contributed by atoms with E-state index in [1.54, 1.807) is 31.2 Å². The molecule has 0 fully saturated rings. The predicted octanol–water partition coefficient (Wildman–Crippen LogP) is 2.97. The van der Waals surface area contributed by atoms with Gasteiger partial charge in [0.05, 0.1) is 36.6 Å². The van der Waals surface area contributed by atoms with Crippen molar-refractivity contribution in [3.8, 4) is 0 Å². The summed E-state index contributed by atoms with van der Waals surface area (Å²) < 4.78 is 10.0. The molecule has 1 atom stereocenters. The molecule has 7 heteroatoms. The molecule has 0 saturated heterocycles. The fraction of sp³-hybridized carbons (Fsp3) is 0.190. The molecule has 1 aliphatic heterocycles. The summed E-state index contributed by atoms with van der Waals surface area (Å²) in [7, 11) is 1.33. The SMILES string of the molecule is CCOC(=O)C1=C(c2ccccc2)NC(=S)N[C@@H]1c1ccc(C(=O)OC)cc1. The van der Waals surface area contributed by atoms with Gasteiger partial charge in [-0.05, 0) is 42.4 Å². The summed E-state index contributed by atoms with van der Waals surface area (Å²) in [6.45, 7) is 2.01. The van der Waals surface area contributed by atoms with Crippen LogP contribution in [0.5, 0.6) is 0 Å². The summed E-state index contributed by atoms with van der Waals surface area (Å²) >= 11 is 5.37. The van der Waals surface area contributed by atoms with E-state index >= 15 is 0 Å². The monoisotopic (exact) mass is 396 g/mol. The van der Waals surface area contributed by atoms with Crippen molar-refractivity contribution in [1.29, 1.82) is 0 Å². The number of carbonyl (C=O) groups is 2. The minimum atomic E-state index is -0.519. The highest BCUT2D eigenvalue weighted by Crippen LogP contribution is 2.32. The number of methoxy groups -OCH3 is 1. The van der Waals surface area contributed by atoms with Crippen molar-refractivity contribution in [2.24, 2.45) is 0 Å². The molecule has 0 spiro atoms. The van der Waals surface area contributed by atoms with Crippen molar-refractivity contribution in [2.45, 2.75) is 13.0 Å². The third-order valence-corrected chi connectivity index (χ3v) is 4.51. The topological polar surface area (TPSA) is 76.7 Å². The van der Waals surface area contributed by atoms with Gasteiger partial charge in [0, 0.05) is 0 Å². The molecule has 0 radical (unpaired) electrons. The highest BCUT2D eigenvalue weighted by Gasteiger charge is 2.33. The van der Waals surface area contributed by atoms with E-state index in [4.69, 9.17) is 21.7 Å². The van der Waals surface area contributed by atoms with Gasteiger partial charge in [0.25, 0.3) is 0 Å². The minimum Gasteiger partial charge on any atom is -0.465 e. The second kappa shape index (κ2) is 8.67. The summed E-state index contributed by atoms with van der Waals surface area (Å²) in [4.78, 5) is 24.5. The molecule has 1 heterocycles. The van der Waals surface area contributed by atoms with Gasteiger partial charge < -0.3 is 20.1 Å². The summed E-state index contributed by atoms with van der Waals surface area (Å²) in [6, 6.07) is 15.8. The second-order valence-corrected chi connectivity index (χ2v) is 6.43. The van der Waals surface area contributed by atoms with Crippen molar-refractivity contribution in [1.82, 2.24) is 10.6 Å². The summed E-state index contributed by atoms with van der Waals surface area (Å²) in [6.07, 6.45) is 0. The third-order valence-electron chi connectivity index (χ3n) is 4.29. The van der Waals surface area contributed by atoms with Crippen LogP contribution in [0.1, 0.15) is 34.5 Å². The van der Waals surface area contributed by atoms with Crippen molar-refractivity contribution in [3.63, 3.8) is 0 Å². The minimum absolute atomic E-state index is 0.253. The zero-order valence-corrected chi connectivity index (χ0v) is 16.3. The fourth-order valence-electron chi connectivity index (χ4n) is 3.01. The lowest BCUT2D eigenvalue weighted by Crippen LogP contribution is -2.45. The van der Waals surface area contributed by atoms with E-state index in [0.29, 0.717) is 21.9 Å². The average Bonchev–Trinajstić information content (AvgIpc) is 2.73. The highest BCUT2D eigenvalue weighted by molar-refractivity contribution is 7.80. The van der Waals surface area contributed by atoms with Gasteiger partial charge in [-0.3, -0.25) is 0 Å². The standard InChI is InChI=1S/C21H20N2O4S/c1-3-27-20(25)16-17(13-7-5-4-6-8-13)22-21(28)23-18(16)14-9-11-15(12-10-14)19(24)26-2/h4-12,18H,3H2,1-2H3,(H2,22,23,28)/t18-/m1/s1. The number of nitrogens with one attached hydrogen (secondary N) is 2. The van der Waals surface area contributed by atoms with Crippen LogP contribution < -0.4 is 10.6 Å². The number of hydrogen-bond donors (Lipinski definition) is 2. The first-order chi connectivity index (χ1) is 13.5. The Morgan fingerprint density at radius 3 is 2.32 bits per heavy atom. The Bertz CT molecular complexity index is 923. The fourth-order valence-corrected chi connectivity index (χ4v) is 3.23. The van der Waals surface area contributed by atoms with Crippen molar-refractivity contribution >= 4 is 35.0 Å². The predicted molar refractivity (Wildman–Crippen MR) is 109 cm³/mol.